The van der Waals surface area contributed by atoms with Crippen molar-refractivity contribution in [1.82, 2.24) is 24.3 Å². The minimum absolute atomic E-state index is 0.0468. The Morgan fingerprint density at radius 1 is 1.42 bits per heavy atom. The molecule has 0 fully saturated rings. The molecule has 0 amide bonds. The lowest BCUT2D eigenvalue weighted by atomic mass is 10.5. The highest BCUT2D eigenvalue weighted by atomic mass is 35.5. The third kappa shape index (κ3) is 3.85. The second-order valence-electron chi connectivity index (χ2n) is 4.56. The number of rotatable bonds is 7. The molecular weight excluding hydrogens is 374 g/mol. The lowest BCUT2D eigenvalue weighted by Gasteiger charge is -2.04. The van der Waals surface area contributed by atoms with Crippen molar-refractivity contribution < 1.29 is 22.1 Å². The van der Waals surface area contributed by atoms with Crippen LogP contribution >= 0.6 is 11.6 Å². The summed E-state index contributed by atoms with van der Waals surface area (Å²) in [5.74, 6) is -0.548. The number of aryl methyl sites for hydroxylation is 1. The molecule has 2 rings (SSSR count). The van der Waals surface area contributed by atoms with Gasteiger partial charge in [0.1, 0.15) is 4.90 Å². The van der Waals surface area contributed by atoms with Gasteiger partial charge >= 0.3 is 12.4 Å². The standard InChI is InChI=1S/C10H11ClF2N6O4S/c1-6-8(5-18(15-6)10(12)13)24(22,23)14-2-3-17-4-7(11)9(16-17)19(20)21/h4-5,10,14H,2-3H2,1H3. The molecule has 0 unspecified atom stereocenters. The van der Waals surface area contributed by atoms with E-state index in [4.69, 9.17) is 11.6 Å². The Labute approximate surface area is 139 Å². The lowest BCUT2D eigenvalue weighted by molar-refractivity contribution is -0.389. The highest BCUT2D eigenvalue weighted by Gasteiger charge is 2.23. The van der Waals surface area contributed by atoms with Gasteiger partial charge in [-0.15, -0.1) is 0 Å². The zero-order valence-corrected chi connectivity index (χ0v) is 13.6. The number of hydrogen-bond acceptors (Lipinski definition) is 6. The number of nitro groups is 1. The third-order valence-corrected chi connectivity index (χ3v) is 4.70. The Morgan fingerprint density at radius 2 is 2.08 bits per heavy atom. The smallest absolute Gasteiger partial charge is 0.358 e. The maximum Gasteiger partial charge on any atom is 0.408 e. The van der Waals surface area contributed by atoms with E-state index in [9.17, 15) is 27.3 Å². The Bertz CT molecular complexity index is 865. The summed E-state index contributed by atoms with van der Waals surface area (Å²) in [4.78, 5) is 9.46. The van der Waals surface area contributed by atoms with Crippen LogP contribution in [0.3, 0.4) is 0 Å². The summed E-state index contributed by atoms with van der Waals surface area (Å²) in [6, 6.07) is 0. The van der Waals surface area contributed by atoms with Crippen molar-refractivity contribution in [2.24, 2.45) is 0 Å². The summed E-state index contributed by atoms with van der Waals surface area (Å²) < 4.78 is 52.7. The van der Waals surface area contributed by atoms with Crippen molar-refractivity contribution >= 4 is 27.4 Å². The fourth-order valence-corrected chi connectivity index (χ4v) is 3.24. The van der Waals surface area contributed by atoms with Gasteiger partial charge in [0.2, 0.25) is 10.0 Å². The molecule has 10 nitrogen and oxygen atoms in total. The van der Waals surface area contributed by atoms with Crippen LogP contribution in [0.4, 0.5) is 14.6 Å². The van der Waals surface area contributed by atoms with Crippen LogP contribution < -0.4 is 4.72 Å². The largest absolute Gasteiger partial charge is 0.408 e. The van der Waals surface area contributed by atoms with Gasteiger partial charge in [0.25, 0.3) is 0 Å². The molecule has 2 aromatic rings. The van der Waals surface area contributed by atoms with Gasteiger partial charge < -0.3 is 10.1 Å². The number of hydrogen-bond donors (Lipinski definition) is 1. The van der Waals surface area contributed by atoms with Gasteiger partial charge in [-0.3, -0.25) is 0 Å². The van der Waals surface area contributed by atoms with E-state index in [1.807, 2.05) is 0 Å². The molecular formula is C10H11ClF2N6O4S. The van der Waals surface area contributed by atoms with Gasteiger partial charge in [0.05, 0.1) is 29.7 Å². The molecule has 0 radical (unpaired) electrons. The summed E-state index contributed by atoms with van der Waals surface area (Å²) >= 11 is 5.61. The number of alkyl halides is 2. The molecule has 1 N–H and O–H groups in total. The van der Waals surface area contributed by atoms with Crippen LogP contribution in [0, 0.1) is 17.0 Å². The average Bonchev–Trinajstić information content (AvgIpc) is 3.02. The van der Waals surface area contributed by atoms with Crippen molar-refractivity contribution in [3.8, 4) is 0 Å². The van der Waals surface area contributed by atoms with E-state index in [0.717, 1.165) is 10.9 Å². The summed E-state index contributed by atoms with van der Waals surface area (Å²) in [5.41, 5.74) is -0.0828. The van der Waals surface area contributed by atoms with Crippen molar-refractivity contribution in [3.63, 3.8) is 0 Å². The van der Waals surface area contributed by atoms with Gasteiger partial charge in [0, 0.05) is 6.54 Å². The molecule has 0 saturated carbocycles. The van der Waals surface area contributed by atoms with Gasteiger partial charge in [-0.2, -0.15) is 18.6 Å². The molecule has 0 aliphatic heterocycles. The molecule has 2 aromatic heterocycles. The molecule has 0 aromatic carbocycles. The van der Waals surface area contributed by atoms with E-state index < -0.39 is 27.3 Å². The van der Waals surface area contributed by atoms with E-state index in [2.05, 4.69) is 14.9 Å². The Morgan fingerprint density at radius 3 is 2.58 bits per heavy atom. The number of aromatic nitrogens is 4. The summed E-state index contributed by atoms with van der Waals surface area (Å²) in [6.45, 7) is -1.91. The molecule has 0 bridgehead atoms. The number of nitrogens with one attached hydrogen (secondary N) is 1. The van der Waals surface area contributed by atoms with E-state index in [1.165, 1.54) is 13.1 Å². The Hall–Kier alpha value is -2.12. The fraction of sp³-hybridized carbons (Fsp3) is 0.400. The first kappa shape index (κ1) is 18.2. The monoisotopic (exact) mass is 384 g/mol. The van der Waals surface area contributed by atoms with Crippen LogP contribution in [0.5, 0.6) is 0 Å². The van der Waals surface area contributed by atoms with Crippen molar-refractivity contribution in [2.75, 3.05) is 6.54 Å². The fourth-order valence-electron chi connectivity index (χ4n) is 1.83. The summed E-state index contributed by atoms with van der Waals surface area (Å²) in [5, 5.41) is 17.4. The third-order valence-electron chi connectivity index (χ3n) is 2.87. The van der Waals surface area contributed by atoms with Gasteiger partial charge in [-0.1, -0.05) is 11.6 Å². The van der Waals surface area contributed by atoms with Gasteiger partial charge in [-0.05, 0) is 11.8 Å². The second kappa shape index (κ2) is 6.78. The minimum Gasteiger partial charge on any atom is -0.358 e. The van der Waals surface area contributed by atoms with E-state index in [-0.39, 0.29) is 33.4 Å². The highest BCUT2D eigenvalue weighted by Crippen LogP contribution is 2.21. The van der Waals surface area contributed by atoms with E-state index in [1.54, 1.807) is 0 Å². The molecule has 132 valence electrons. The average molecular weight is 385 g/mol. The van der Waals surface area contributed by atoms with E-state index >= 15 is 0 Å². The van der Waals surface area contributed by atoms with Crippen molar-refractivity contribution in [1.29, 1.82) is 0 Å². The Balaban J connectivity index is 2.06. The first-order valence-electron chi connectivity index (χ1n) is 6.32. The first-order valence-corrected chi connectivity index (χ1v) is 8.19. The molecule has 14 heteroatoms. The molecule has 0 atom stereocenters. The van der Waals surface area contributed by atoms with Crippen LogP contribution in [0.25, 0.3) is 0 Å². The maximum atomic E-state index is 12.5. The molecule has 24 heavy (non-hydrogen) atoms. The zero-order valence-electron chi connectivity index (χ0n) is 12.1. The predicted molar refractivity (Wildman–Crippen MR) is 77.3 cm³/mol. The maximum absolute atomic E-state index is 12.5. The van der Waals surface area contributed by atoms with Gasteiger partial charge in [0.15, 0.2) is 5.02 Å². The zero-order chi connectivity index (χ0) is 18.1. The van der Waals surface area contributed by atoms with Crippen LogP contribution in [0.15, 0.2) is 17.3 Å². The molecule has 0 spiro atoms. The quantitative estimate of drug-likeness (QED) is 0.567. The molecule has 2 heterocycles. The number of halogens is 3. The van der Waals surface area contributed by atoms with Crippen LogP contribution in [-0.4, -0.2) is 39.4 Å². The van der Waals surface area contributed by atoms with Crippen LogP contribution in [0.2, 0.25) is 5.02 Å². The Kier molecular flexibility index (Phi) is 5.15. The summed E-state index contributed by atoms with van der Waals surface area (Å²) in [6.07, 6.45) is 1.89. The van der Waals surface area contributed by atoms with Crippen LogP contribution in [0.1, 0.15) is 12.2 Å². The normalized spacial score (nSPS) is 12.0. The number of nitrogens with zero attached hydrogens (tertiary/aromatic N) is 5. The minimum atomic E-state index is -4.07. The highest BCUT2D eigenvalue weighted by molar-refractivity contribution is 7.89. The van der Waals surface area contributed by atoms with E-state index in [0.29, 0.717) is 0 Å². The van der Waals surface area contributed by atoms with Crippen molar-refractivity contribution in [3.05, 3.63) is 33.2 Å². The SMILES string of the molecule is Cc1nn(C(F)F)cc1S(=O)(=O)NCCn1cc(Cl)c([N+](=O)[O-])n1. The second-order valence-corrected chi connectivity index (χ2v) is 6.70. The lowest BCUT2D eigenvalue weighted by Crippen LogP contribution is -2.27. The first-order chi connectivity index (χ1) is 11.1. The summed E-state index contributed by atoms with van der Waals surface area (Å²) in [7, 11) is -4.07. The topological polar surface area (TPSA) is 125 Å². The molecule has 0 saturated heterocycles. The van der Waals surface area contributed by atoms with Crippen LogP contribution in [-0.2, 0) is 16.6 Å². The predicted octanol–water partition coefficient (Wildman–Crippen LogP) is 1.32. The number of sulfonamides is 1. The molecule has 0 aliphatic carbocycles. The van der Waals surface area contributed by atoms with Crippen molar-refractivity contribution in [2.45, 2.75) is 24.9 Å². The molecule has 0 aliphatic rings. The van der Waals surface area contributed by atoms with Gasteiger partial charge in [-0.25, -0.2) is 17.8 Å².